The second-order valence-corrected chi connectivity index (χ2v) is 7.51. The first kappa shape index (κ1) is 17.9. The van der Waals surface area contributed by atoms with Gasteiger partial charge in [-0.3, -0.25) is 4.79 Å². The molecule has 1 amide bonds. The van der Waals surface area contributed by atoms with Crippen molar-refractivity contribution in [2.45, 2.75) is 31.1 Å². The first-order chi connectivity index (χ1) is 11.0. The van der Waals surface area contributed by atoms with Gasteiger partial charge in [-0.05, 0) is 38.3 Å². The average molecular weight is 340 g/mol. The number of hydrogen-bond acceptors (Lipinski definition) is 4. The number of carbonyl (C=O) groups is 1. The van der Waals surface area contributed by atoms with Crippen molar-refractivity contribution >= 4 is 15.9 Å². The van der Waals surface area contributed by atoms with E-state index in [0.29, 0.717) is 32.7 Å². The normalized spacial score (nSPS) is 16.2. The molecular weight excluding hydrogens is 316 g/mol. The molecular formula is C16H24N2O4S. The molecule has 1 saturated heterocycles. The summed E-state index contributed by atoms with van der Waals surface area (Å²) >= 11 is 0. The van der Waals surface area contributed by atoms with Crippen LogP contribution in [-0.4, -0.2) is 40.6 Å². The van der Waals surface area contributed by atoms with Crippen LogP contribution in [0.4, 0.5) is 0 Å². The summed E-state index contributed by atoms with van der Waals surface area (Å²) in [6, 6.07) is 6.71. The third-order valence-corrected chi connectivity index (χ3v) is 5.35. The van der Waals surface area contributed by atoms with Crippen molar-refractivity contribution < 1.29 is 17.9 Å². The van der Waals surface area contributed by atoms with Gasteiger partial charge in [0.1, 0.15) is 0 Å². The van der Waals surface area contributed by atoms with Crippen LogP contribution in [0, 0.1) is 12.8 Å². The van der Waals surface area contributed by atoms with Crippen LogP contribution in [0.2, 0.25) is 0 Å². The summed E-state index contributed by atoms with van der Waals surface area (Å²) in [7, 11) is -3.48. The first-order valence-electron chi connectivity index (χ1n) is 7.91. The molecule has 23 heavy (non-hydrogen) atoms. The van der Waals surface area contributed by atoms with E-state index in [1.807, 2.05) is 6.92 Å². The molecule has 1 fully saturated rings. The van der Waals surface area contributed by atoms with Gasteiger partial charge in [0.05, 0.1) is 4.90 Å². The van der Waals surface area contributed by atoms with Crippen molar-refractivity contribution in [2.75, 3.05) is 26.3 Å². The van der Waals surface area contributed by atoms with Crippen LogP contribution in [0.25, 0.3) is 0 Å². The fourth-order valence-corrected chi connectivity index (χ4v) is 3.49. The summed E-state index contributed by atoms with van der Waals surface area (Å²) in [5, 5.41) is 2.86. The molecule has 0 atom stereocenters. The lowest BCUT2D eigenvalue weighted by molar-refractivity contribution is -0.127. The van der Waals surface area contributed by atoms with E-state index in [-0.39, 0.29) is 16.7 Å². The number of nitrogens with one attached hydrogen (secondary N) is 2. The molecule has 1 aliphatic heterocycles. The van der Waals surface area contributed by atoms with Crippen LogP contribution < -0.4 is 10.0 Å². The molecule has 0 radical (unpaired) electrons. The molecule has 0 aromatic heterocycles. The highest BCUT2D eigenvalue weighted by Crippen LogP contribution is 2.14. The summed E-state index contributed by atoms with van der Waals surface area (Å²) in [4.78, 5) is 12.2. The van der Waals surface area contributed by atoms with Crippen molar-refractivity contribution in [3.63, 3.8) is 0 Å². The third kappa shape index (κ3) is 5.60. The zero-order valence-electron chi connectivity index (χ0n) is 13.4. The number of hydrogen-bond donors (Lipinski definition) is 2. The molecule has 1 aromatic rings. The second-order valence-electron chi connectivity index (χ2n) is 5.74. The second kappa shape index (κ2) is 8.42. The van der Waals surface area contributed by atoms with Gasteiger partial charge in [-0.25, -0.2) is 13.1 Å². The number of aryl methyl sites for hydroxylation is 1. The van der Waals surface area contributed by atoms with Crippen LogP contribution in [0.3, 0.4) is 0 Å². The molecule has 2 rings (SSSR count). The number of ether oxygens (including phenoxy) is 1. The van der Waals surface area contributed by atoms with Crippen molar-refractivity contribution in [3.05, 3.63) is 29.8 Å². The third-order valence-electron chi connectivity index (χ3n) is 3.87. The van der Waals surface area contributed by atoms with Crippen LogP contribution >= 0.6 is 0 Å². The van der Waals surface area contributed by atoms with Gasteiger partial charge in [0.2, 0.25) is 15.9 Å². The zero-order chi connectivity index (χ0) is 16.7. The van der Waals surface area contributed by atoms with E-state index >= 15 is 0 Å². The molecule has 0 saturated carbocycles. The van der Waals surface area contributed by atoms with Gasteiger partial charge in [-0.1, -0.05) is 17.7 Å². The fraction of sp³-hybridized carbons (Fsp3) is 0.562. The Morgan fingerprint density at radius 3 is 2.48 bits per heavy atom. The van der Waals surface area contributed by atoms with Gasteiger partial charge in [0.25, 0.3) is 0 Å². The largest absolute Gasteiger partial charge is 0.381 e. The maximum absolute atomic E-state index is 12.1. The monoisotopic (exact) mass is 340 g/mol. The molecule has 6 nitrogen and oxygen atoms in total. The minimum atomic E-state index is -3.48. The van der Waals surface area contributed by atoms with Crippen molar-refractivity contribution in [2.24, 2.45) is 5.92 Å². The molecule has 128 valence electrons. The Bertz CT molecular complexity index is 607. The highest BCUT2D eigenvalue weighted by atomic mass is 32.2. The molecule has 1 aromatic carbocycles. The molecule has 7 heteroatoms. The Morgan fingerprint density at radius 2 is 1.83 bits per heavy atom. The van der Waals surface area contributed by atoms with Crippen molar-refractivity contribution in [3.8, 4) is 0 Å². The molecule has 0 spiro atoms. The van der Waals surface area contributed by atoms with Gasteiger partial charge in [0, 0.05) is 32.2 Å². The first-order valence-corrected chi connectivity index (χ1v) is 9.39. The number of carbonyl (C=O) groups excluding carboxylic acids is 1. The minimum Gasteiger partial charge on any atom is -0.381 e. The Balaban J connectivity index is 1.68. The highest BCUT2D eigenvalue weighted by Gasteiger charge is 2.21. The lowest BCUT2D eigenvalue weighted by atomic mass is 9.99. The Labute approximate surface area is 137 Å². The zero-order valence-corrected chi connectivity index (χ0v) is 14.2. The predicted octanol–water partition coefficient (Wildman–Crippen LogP) is 1.21. The van der Waals surface area contributed by atoms with E-state index in [2.05, 4.69) is 10.0 Å². The number of rotatable bonds is 7. The van der Waals surface area contributed by atoms with E-state index in [4.69, 9.17) is 4.74 Å². The minimum absolute atomic E-state index is 0.0213. The van der Waals surface area contributed by atoms with Crippen LogP contribution in [0.1, 0.15) is 24.8 Å². The van der Waals surface area contributed by atoms with E-state index in [9.17, 15) is 13.2 Å². The average Bonchev–Trinajstić information content (AvgIpc) is 2.55. The van der Waals surface area contributed by atoms with Crippen molar-refractivity contribution in [1.82, 2.24) is 10.0 Å². The molecule has 2 N–H and O–H groups in total. The molecule has 0 unspecified atom stereocenters. The van der Waals surface area contributed by atoms with E-state index in [0.717, 1.165) is 18.4 Å². The molecule has 1 heterocycles. The van der Waals surface area contributed by atoms with Crippen LogP contribution in [0.15, 0.2) is 29.2 Å². The lowest BCUT2D eigenvalue weighted by Crippen LogP contribution is -2.36. The van der Waals surface area contributed by atoms with E-state index in [1.54, 1.807) is 24.3 Å². The van der Waals surface area contributed by atoms with Gasteiger partial charge >= 0.3 is 0 Å². The topological polar surface area (TPSA) is 84.5 Å². The van der Waals surface area contributed by atoms with Crippen molar-refractivity contribution in [1.29, 1.82) is 0 Å². The number of amides is 1. The lowest BCUT2D eigenvalue weighted by Gasteiger charge is -2.21. The standard InChI is InChI=1S/C16H24N2O4S/c1-13-3-5-15(6-4-13)23(20,21)18-10-2-9-17-16(19)14-7-11-22-12-8-14/h3-6,14,18H,2,7-12H2,1H3,(H,17,19). The predicted molar refractivity (Wildman–Crippen MR) is 87.5 cm³/mol. The SMILES string of the molecule is Cc1ccc(S(=O)(=O)NCCCNC(=O)C2CCOCC2)cc1. The summed E-state index contributed by atoms with van der Waals surface area (Å²) in [5.74, 6) is 0.0580. The molecule has 1 aliphatic rings. The maximum Gasteiger partial charge on any atom is 0.240 e. The summed E-state index contributed by atoms with van der Waals surface area (Å²) in [6.07, 6.45) is 2.07. The number of sulfonamides is 1. The van der Waals surface area contributed by atoms with Gasteiger partial charge in [0.15, 0.2) is 0 Å². The van der Waals surface area contributed by atoms with Crippen LogP contribution in [-0.2, 0) is 19.6 Å². The number of benzene rings is 1. The Hall–Kier alpha value is -1.44. The summed E-state index contributed by atoms with van der Waals surface area (Å²) < 4.78 is 31.9. The van der Waals surface area contributed by atoms with Crippen LogP contribution in [0.5, 0.6) is 0 Å². The Morgan fingerprint density at radius 1 is 1.17 bits per heavy atom. The fourth-order valence-electron chi connectivity index (χ4n) is 2.41. The molecule has 0 bridgehead atoms. The van der Waals surface area contributed by atoms with E-state index in [1.165, 1.54) is 0 Å². The Kier molecular flexibility index (Phi) is 6.56. The molecule has 0 aliphatic carbocycles. The smallest absolute Gasteiger partial charge is 0.240 e. The van der Waals surface area contributed by atoms with E-state index < -0.39 is 10.0 Å². The van der Waals surface area contributed by atoms with Gasteiger partial charge < -0.3 is 10.1 Å². The quantitative estimate of drug-likeness (QED) is 0.731. The van der Waals surface area contributed by atoms with Gasteiger partial charge in [-0.15, -0.1) is 0 Å². The van der Waals surface area contributed by atoms with Gasteiger partial charge in [-0.2, -0.15) is 0 Å². The summed E-state index contributed by atoms with van der Waals surface area (Å²) in [6.45, 7) is 3.94. The summed E-state index contributed by atoms with van der Waals surface area (Å²) in [5.41, 5.74) is 1.01. The maximum atomic E-state index is 12.1. The highest BCUT2D eigenvalue weighted by molar-refractivity contribution is 7.89.